The van der Waals surface area contributed by atoms with Gasteiger partial charge in [-0.25, -0.2) is 0 Å². The van der Waals surface area contributed by atoms with E-state index in [-0.39, 0.29) is 5.91 Å². The van der Waals surface area contributed by atoms with E-state index in [1.165, 1.54) is 7.11 Å². The Morgan fingerprint density at radius 2 is 2.19 bits per heavy atom. The number of nitrogens with one attached hydrogen (secondary N) is 2. The zero-order valence-electron chi connectivity index (χ0n) is 11.4. The number of hydrogen-bond donors (Lipinski definition) is 3. The fourth-order valence-electron chi connectivity index (χ4n) is 2.16. The van der Waals surface area contributed by atoms with Gasteiger partial charge in [0.2, 0.25) is 0 Å². The number of nitrogens with two attached hydrogens (primary N) is 1. The molecule has 106 valence electrons. The zero-order valence-corrected chi connectivity index (χ0v) is 11.4. The van der Waals surface area contributed by atoms with E-state index in [2.05, 4.69) is 15.5 Å². The van der Waals surface area contributed by atoms with Crippen LogP contribution in [0.4, 0.5) is 11.4 Å². The van der Waals surface area contributed by atoms with Gasteiger partial charge in [-0.3, -0.25) is 9.89 Å². The molecule has 21 heavy (non-hydrogen) atoms. The van der Waals surface area contributed by atoms with Crippen molar-refractivity contribution in [2.24, 2.45) is 0 Å². The molecule has 0 spiro atoms. The molecule has 1 aromatic heterocycles. The molecule has 1 heterocycles. The van der Waals surface area contributed by atoms with Crippen LogP contribution in [0, 0.1) is 0 Å². The monoisotopic (exact) mass is 282 g/mol. The predicted molar refractivity (Wildman–Crippen MR) is 81.5 cm³/mol. The number of anilines is 2. The molecule has 0 aliphatic rings. The van der Waals surface area contributed by atoms with Crippen LogP contribution in [0.25, 0.3) is 10.9 Å². The number of hydrogen-bond acceptors (Lipinski definition) is 4. The number of fused-ring (bicyclic) bond motifs is 1. The van der Waals surface area contributed by atoms with Gasteiger partial charge in [-0.1, -0.05) is 6.07 Å². The lowest BCUT2D eigenvalue weighted by atomic mass is 10.1. The first-order valence-corrected chi connectivity index (χ1v) is 6.36. The Morgan fingerprint density at radius 1 is 1.33 bits per heavy atom. The van der Waals surface area contributed by atoms with Crippen molar-refractivity contribution in [3.63, 3.8) is 0 Å². The molecule has 0 fully saturated rings. The van der Waals surface area contributed by atoms with Crippen LogP contribution in [-0.4, -0.2) is 23.2 Å². The number of aromatic amines is 1. The first kappa shape index (κ1) is 13.0. The number of rotatable bonds is 3. The Balaban J connectivity index is 1.95. The Bertz CT molecular complexity index is 810. The van der Waals surface area contributed by atoms with Crippen LogP contribution in [0.3, 0.4) is 0 Å². The first-order valence-electron chi connectivity index (χ1n) is 6.36. The van der Waals surface area contributed by atoms with Crippen LogP contribution in [-0.2, 0) is 0 Å². The number of carbonyl (C=O) groups is 1. The van der Waals surface area contributed by atoms with E-state index >= 15 is 0 Å². The van der Waals surface area contributed by atoms with Crippen LogP contribution < -0.4 is 15.8 Å². The molecular weight excluding hydrogens is 268 g/mol. The molecule has 1 amide bonds. The van der Waals surface area contributed by atoms with E-state index in [4.69, 9.17) is 10.5 Å². The quantitative estimate of drug-likeness (QED) is 0.643. The Kier molecular flexibility index (Phi) is 3.19. The topological polar surface area (TPSA) is 93.0 Å². The zero-order chi connectivity index (χ0) is 14.8. The second-order valence-corrected chi connectivity index (χ2v) is 4.55. The molecule has 3 rings (SSSR count). The largest absolute Gasteiger partial charge is 0.496 e. The Labute approximate surface area is 120 Å². The minimum absolute atomic E-state index is 0.263. The highest BCUT2D eigenvalue weighted by Crippen LogP contribution is 2.25. The molecule has 0 aliphatic carbocycles. The molecule has 6 heteroatoms. The van der Waals surface area contributed by atoms with Crippen molar-refractivity contribution in [1.29, 1.82) is 0 Å². The minimum atomic E-state index is -0.263. The van der Waals surface area contributed by atoms with Crippen LogP contribution in [0.1, 0.15) is 10.4 Å². The maximum Gasteiger partial charge on any atom is 0.259 e. The van der Waals surface area contributed by atoms with Gasteiger partial charge in [-0.05, 0) is 24.3 Å². The molecular formula is C15H14N4O2. The van der Waals surface area contributed by atoms with Crippen LogP contribution >= 0.6 is 0 Å². The van der Waals surface area contributed by atoms with Gasteiger partial charge >= 0.3 is 0 Å². The number of methoxy groups -OCH3 is 1. The third kappa shape index (κ3) is 2.38. The lowest BCUT2D eigenvalue weighted by Crippen LogP contribution is -2.13. The summed E-state index contributed by atoms with van der Waals surface area (Å²) in [5.41, 5.74) is 8.20. The molecule has 0 saturated carbocycles. The summed E-state index contributed by atoms with van der Waals surface area (Å²) < 4.78 is 5.20. The Morgan fingerprint density at radius 3 is 3.00 bits per heavy atom. The average Bonchev–Trinajstić information content (AvgIpc) is 2.96. The third-order valence-electron chi connectivity index (χ3n) is 3.20. The lowest BCUT2D eigenvalue weighted by Gasteiger charge is -2.10. The first-order chi connectivity index (χ1) is 10.2. The summed E-state index contributed by atoms with van der Waals surface area (Å²) in [5.74, 6) is 0.174. The maximum absolute atomic E-state index is 12.4. The maximum atomic E-state index is 12.4. The predicted octanol–water partition coefficient (Wildman–Crippen LogP) is 2.41. The number of amides is 1. The number of aromatic nitrogens is 2. The highest BCUT2D eigenvalue weighted by atomic mass is 16.5. The van der Waals surface area contributed by atoms with E-state index in [1.54, 1.807) is 24.4 Å². The van der Waals surface area contributed by atoms with Crippen molar-refractivity contribution in [3.8, 4) is 5.75 Å². The molecule has 0 bridgehead atoms. The fraction of sp³-hybridized carbons (Fsp3) is 0.0667. The summed E-state index contributed by atoms with van der Waals surface area (Å²) in [6, 6.07) is 10.5. The van der Waals surface area contributed by atoms with Crippen molar-refractivity contribution in [3.05, 3.63) is 48.2 Å². The van der Waals surface area contributed by atoms with Gasteiger partial charge < -0.3 is 15.8 Å². The van der Waals surface area contributed by atoms with E-state index in [0.717, 1.165) is 10.9 Å². The second kappa shape index (κ2) is 5.16. The van der Waals surface area contributed by atoms with Gasteiger partial charge in [0, 0.05) is 17.1 Å². The number of ether oxygens (including phenoxy) is 1. The number of carbonyl (C=O) groups excluding carboxylic acids is 1. The van der Waals surface area contributed by atoms with Gasteiger partial charge in [0.05, 0.1) is 30.1 Å². The van der Waals surface area contributed by atoms with Crippen molar-refractivity contribution < 1.29 is 9.53 Å². The molecule has 6 nitrogen and oxygen atoms in total. The van der Waals surface area contributed by atoms with Gasteiger partial charge in [0.25, 0.3) is 5.91 Å². The number of nitrogens with zero attached hydrogens (tertiary/aromatic N) is 1. The van der Waals surface area contributed by atoms with E-state index in [1.807, 2.05) is 18.2 Å². The minimum Gasteiger partial charge on any atom is -0.496 e. The van der Waals surface area contributed by atoms with Crippen LogP contribution in [0.5, 0.6) is 5.75 Å². The molecule has 0 saturated heterocycles. The molecule has 2 aromatic carbocycles. The fourth-order valence-corrected chi connectivity index (χ4v) is 2.16. The van der Waals surface area contributed by atoms with Crippen molar-refractivity contribution in [1.82, 2.24) is 10.2 Å². The third-order valence-corrected chi connectivity index (χ3v) is 3.20. The number of benzene rings is 2. The molecule has 0 radical (unpaired) electrons. The summed E-state index contributed by atoms with van der Waals surface area (Å²) in [6.07, 6.45) is 1.67. The molecule has 0 aliphatic heterocycles. The van der Waals surface area contributed by atoms with Gasteiger partial charge in [0.1, 0.15) is 5.75 Å². The summed E-state index contributed by atoms with van der Waals surface area (Å²) in [6.45, 7) is 0. The summed E-state index contributed by atoms with van der Waals surface area (Å²) in [4.78, 5) is 12.4. The van der Waals surface area contributed by atoms with Gasteiger partial charge in [0.15, 0.2) is 0 Å². The summed E-state index contributed by atoms with van der Waals surface area (Å²) >= 11 is 0. The van der Waals surface area contributed by atoms with Crippen molar-refractivity contribution in [2.45, 2.75) is 0 Å². The summed E-state index contributed by atoms with van der Waals surface area (Å²) in [7, 11) is 1.50. The lowest BCUT2D eigenvalue weighted by molar-refractivity contribution is 0.102. The highest BCUT2D eigenvalue weighted by molar-refractivity contribution is 6.10. The Hall–Kier alpha value is -3.02. The second-order valence-electron chi connectivity index (χ2n) is 4.55. The number of H-pyrrole nitrogens is 1. The van der Waals surface area contributed by atoms with Crippen LogP contribution in [0.2, 0.25) is 0 Å². The highest BCUT2D eigenvalue weighted by Gasteiger charge is 2.14. The SMILES string of the molecule is COc1cc(N)ccc1C(=O)Nc1cccc2[nH]ncc12. The van der Waals surface area contributed by atoms with Gasteiger partial charge in [-0.2, -0.15) is 5.10 Å². The van der Waals surface area contributed by atoms with Crippen LogP contribution in [0.15, 0.2) is 42.6 Å². The normalized spacial score (nSPS) is 10.5. The van der Waals surface area contributed by atoms with E-state index < -0.39 is 0 Å². The van der Waals surface area contributed by atoms with Crippen molar-refractivity contribution >= 4 is 28.2 Å². The van der Waals surface area contributed by atoms with Gasteiger partial charge in [-0.15, -0.1) is 0 Å². The molecule has 0 unspecified atom stereocenters. The summed E-state index contributed by atoms with van der Waals surface area (Å²) in [5, 5.41) is 10.5. The molecule has 4 N–H and O–H groups in total. The van der Waals surface area contributed by atoms with E-state index in [0.29, 0.717) is 22.7 Å². The van der Waals surface area contributed by atoms with E-state index in [9.17, 15) is 4.79 Å². The average molecular weight is 282 g/mol. The van der Waals surface area contributed by atoms with Crippen molar-refractivity contribution in [2.75, 3.05) is 18.2 Å². The smallest absolute Gasteiger partial charge is 0.259 e. The molecule has 3 aromatic rings. The number of nitrogen functional groups attached to an aromatic ring is 1. The standard InChI is InChI=1S/C15H14N4O2/c1-21-14-7-9(16)5-6-10(14)15(20)18-12-3-2-4-13-11(12)8-17-19-13/h2-8H,16H2,1H3,(H,17,19)(H,18,20). The molecule has 0 atom stereocenters.